The minimum Gasteiger partial charge on any atom is -0.484 e. The average Bonchev–Trinajstić information content (AvgIpc) is 2.48. The van der Waals surface area contributed by atoms with Crippen LogP contribution in [0, 0.1) is 0 Å². The van der Waals surface area contributed by atoms with E-state index in [0.717, 1.165) is 5.56 Å². The third-order valence-corrected chi connectivity index (χ3v) is 3.12. The molecule has 4 heteroatoms. The fourth-order valence-electron chi connectivity index (χ4n) is 1.72. The van der Waals surface area contributed by atoms with Crippen LogP contribution in [-0.4, -0.2) is 24.5 Å². The molecule has 0 N–H and O–H groups in total. The van der Waals surface area contributed by atoms with Crippen LogP contribution < -0.4 is 4.74 Å². The first-order valence-corrected chi connectivity index (χ1v) is 6.69. The van der Waals surface area contributed by atoms with Crippen molar-refractivity contribution in [1.29, 1.82) is 0 Å². The number of carbonyl (C=O) groups is 1. The van der Waals surface area contributed by atoms with Crippen molar-refractivity contribution in [3.8, 4) is 5.75 Å². The van der Waals surface area contributed by atoms with E-state index in [4.69, 9.17) is 16.3 Å². The van der Waals surface area contributed by atoms with Gasteiger partial charge in [-0.05, 0) is 29.8 Å². The van der Waals surface area contributed by atoms with Crippen molar-refractivity contribution in [3.63, 3.8) is 0 Å². The lowest BCUT2D eigenvalue weighted by molar-refractivity contribution is -0.132. The van der Waals surface area contributed by atoms with E-state index >= 15 is 0 Å². The maximum Gasteiger partial charge on any atom is 0.260 e. The SMILES string of the molecule is CN(Cc1ccc(Cl)cc1)C(=O)COc1ccccc1. The van der Waals surface area contributed by atoms with Gasteiger partial charge in [0.15, 0.2) is 6.61 Å². The summed E-state index contributed by atoms with van der Waals surface area (Å²) in [6, 6.07) is 16.7. The van der Waals surface area contributed by atoms with Crippen molar-refractivity contribution >= 4 is 17.5 Å². The fourth-order valence-corrected chi connectivity index (χ4v) is 1.85. The summed E-state index contributed by atoms with van der Waals surface area (Å²) in [5.74, 6) is 0.629. The molecule has 3 nitrogen and oxygen atoms in total. The second-order valence-electron chi connectivity index (χ2n) is 4.48. The molecule has 0 aromatic heterocycles. The number of amides is 1. The molecule has 2 aromatic carbocycles. The Balaban J connectivity index is 1.84. The first-order valence-electron chi connectivity index (χ1n) is 6.31. The number of hydrogen-bond acceptors (Lipinski definition) is 2. The van der Waals surface area contributed by atoms with Crippen LogP contribution >= 0.6 is 11.6 Å². The molecular formula is C16H16ClNO2. The minimum atomic E-state index is -0.0659. The Bertz CT molecular complexity index is 554. The molecule has 104 valence electrons. The summed E-state index contributed by atoms with van der Waals surface area (Å²) in [4.78, 5) is 13.6. The lowest BCUT2D eigenvalue weighted by Gasteiger charge is -2.17. The van der Waals surface area contributed by atoms with Crippen molar-refractivity contribution in [2.75, 3.05) is 13.7 Å². The summed E-state index contributed by atoms with van der Waals surface area (Å²) in [6.45, 7) is 0.572. The van der Waals surface area contributed by atoms with Crippen LogP contribution in [0.2, 0.25) is 5.02 Å². The van der Waals surface area contributed by atoms with Crippen molar-refractivity contribution in [3.05, 3.63) is 65.2 Å². The number of nitrogens with zero attached hydrogens (tertiary/aromatic N) is 1. The Kier molecular flexibility index (Phi) is 5.02. The summed E-state index contributed by atoms with van der Waals surface area (Å²) in [6.07, 6.45) is 0. The number of likely N-dealkylation sites (N-methyl/N-ethyl adjacent to an activating group) is 1. The zero-order valence-corrected chi connectivity index (χ0v) is 12.0. The molecule has 1 amide bonds. The van der Waals surface area contributed by atoms with Gasteiger partial charge in [0, 0.05) is 18.6 Å². The third kappa shape index (κ3) is 4.28. The normalized spacial score (nSPS) is 10.1. The number of benzene rings is 2. The summed E-state index contributed by atoms with van der Waals surface area (Å²) >= 11 is 5.83. The van der Waals surface area contributed by atoms with E-state index in [2.05, 4.69) is 0 Å². The van der Waals surface area contributed by atoms with E-state index in [1.54, 1.807) is 11.9 Å². The number of carbonyl (C=O) groups excluding carboxylic acids is 1. The van der Waals surface area contributed by atoms with E-state index in [0.29, 0.717) is 17.3 Å². The van der Waals surface area contributed by atoms with Crippen LogP contribution in [0.5, 0.6) is 5.75 Å². The molecule has 0 fully saturated rings. The highest BCUT2D eigenvalue weighted by molar-refractivity contribution is 6.30. The molecule has 0 aliphatic rings. The summed E-state index contributed by atoms with van der Waals surface area (Å²) < 4.78 is 5.43. The van der Waals surface area contributed by atoms with E-state index in [-0.39, 0.29) is 12.5 Å². The molecule has 0 radical (unpaired) electrons. The van der Waals surface area contributed by atoms with Gasteiger partial charge in [-0.1, -0.05) is 41.9 Å². The van der Waals surface area contributed by atoms with E-state index < -0.39 is 0 Å². The molecule has 0 aliphatic heterocycles. The molecule has 2 rings (SSSR count). The molecule has 0 bridgehead atoms. The highest BCUT2D eigenvalue weighted by Crippen LogP contribution is 2.12. The van der Waals surface area contributed by atoms with Crippen molar-refractivity contribution in [1.82, 2.24) is 4.90 Å². The van der Waals surface area contributed by atoms with Crippen molar-refractivity contribution in [2.24, 2.45) is 0 Å². The fraction of sp³-hybridized carbons (Fsp3) is 0.188. The molecule has 0 aliphatic carbocycles. The predicted molar refractivity (Wildman–Crippen MR) is 79.9 cm³/mol. The van der Waals surface area contributed by atoms with Gasteiger partial charge in [0.2, 0.25) is 0 Å². The predicted octanol–water partition coefficient (Wildman–Crippen LogP) is 3.38. The average molecular weight is 290 g/mol. The number of para-hydroxylation sites is 1. The zero-order chi connectivity index (χ0) is 14.4. The quantitative estimate of drug-likeness (QED) is 0.844. The molecule has 0 heterocycles. The van der Waals surface area contributed by atoms with Crippen LogP contribution in [0.15, 0.2) is 54.6 Å². The molecule has 0 saturated carbocycles. The van der Waals surface area contributed by atoms with E-state index in [1.807, 2.05) is 54.6 Å². The summed E-state index contributed by atoms with van der Waals surface area (Å²) in [5, 5.41) is 0.690. The highest BCUT2D eigenvalue weighted by Gasteiger charge is 2.10. The van der Waals surface area contributed by atoms with Crippen molar-refractivity contribution < 1.29 is 9.53 Å². The zero-order valence-electron chi connectivity index (χ0n) is 11.3. The van der Waals surface area contributed by atoms with Gasteiger partial charge in [0.25, 0.3) is 5.91 Å². The topological polar surface area (TPSA) is 29.5 Å². The van der Waals surface area contributed by atoms with Gasteiger partial charge in [-0.2, -0.15) is 0 Å². The largest absolute Gasteiger partial charge is 0.484 e. The second kappa shape index (κ2) is 6.96. The van der Waals surface area contributed by atoms with Gasteiger partial charge in [-0.25, -0.2) is 0 Å². The molecule has 0 saturated heterocycles. The van der Waals surface area contributed by atoms with Crippen molar-refractivity contribution in [2.45, 2.75) is 6.54 Å². The van der Waals surface area contributed by atoms with Gasteiger partial charge in [0.1, 0.15) is 5.75 Å². The molecular weight excluding hydrogens is 274 g/mol. The van der Waals surface area contributed by atoms with Crippen LogP contribution in [0.3, 0.4) is 0 Å². The van der Waals surface area contributed by atoms with E-state index in [1.165, 1.54) is 0 Å². The summed E-state index contributed by atoms with van der Waals surface area (Å²) in [7, 11) is 1.76. The molecule has 0 spiro atoms. The van der Waals surface area contributed by atoms with Gasteiger partial charge in [0.05, 0.1) is 0 Å². The molecule has 0 atom stereocenters. The molecule has 2 aromatic rings. The Morgan fingerprint density at radius 3 is 2.40 bits per heavy atom. The number of ether oxygens (including phenoxy) is 1. The van der Waals surface area contributed by atoms with Gasteiger partial charge < -0.3 is 9.64 Å². The first-order chi connectivity index (χ1) is 9.65. The Hall–Kier alpha value is -2.00. The number of halogens is 1. The maximum absolute atomic E-state index is 12.0. The van der Waals surface area contributed by atoms with E-state index in [9.17, 15) is 4.79 Å². The van der Waals surface area contributed by atoms with Crippen LogP contribution in [0.25, 0.3) is 0 Å². The number of rotatable bonds is 5. The minimum absolute atomic E-state index is 0.0358. The van der Waals surface area contributed by atoms with Crippen LogP contribution in [-0.2, 0) is 11.3 Å². The lowest BCUT2D eigenvalue weighted by Crippen LogP contribution is -2.30. The molecule has 20 heavy (non-hydrogen) atoms. The third-order valence-electron chi connectivity index (χ3n) is 2.86. The Morgan fingerprint density at radius 2 is 1.75 bits per heavy atom. The van der Waals surface area contributed by atoms with Crippen LogP contribution in [0.1, 0.15) is 5.56 Å². The Labute approximate surface area is 123 Å². The van der Waals surface area contributed by atoms with Crippen LogP contribution in [0.4, 0.5) is 0 Å². The Morgan fingerprint density at radius 1 is 1.10 bits per heavy atom. The monoisotopic (exact) mass is 289 g/mol. The second-order valence-corrected chi connectivity index (χ2v) is 4.91. The molecule has 0 unspecified atom stereocenters. The lowest BCUT2D eigenvalue weighted by atomic mass is 10.2. The highest BCUT2D eigenvalue weighted by atomic mass is 35.5. The smallest absolute Gasteiger partial charge is 0.260 e. The van der Waals surface area contributed by atoms with Gasteiger partial charge >= 0.3 is 0 Å². The standard InChI is InChI=1S/C16H16ClNO2/c1-18(11-13-7-9-14(17)10-8-13)16(19)12-20-15-5-3-2-4-6-15/h2-10H,11-12H2,1H3. The summed E-state index contributed by atoms with van der Waals surface area (Å²) in [5.41, 5.74) is 1.03. The van der Waals surface area contributed by atoms with Gasteiger partial charge in [-0.15, -0.1) is 0 Å². The first kappa shape index (κ1) is 14.4. The number of hydrogen-bond donors (Lipinski definition) is 0. The maximum atomic E-state index is 12.0. The van der Waals surface area contributed by atoms with Gasteiger partial charge in [-0.3, -0.25) is 4.79 Å².